The van der Waals surface area contributed by atoms with E-state index in [1.807, 2.05) is 18.2 Å². The van der Waals surface area contributed by atoms with E-state index in [-0.39, 0.29) is 6.61 Å². The molecule has 2 rings (SSSR count). The van der Waals surface area contributed by atoms with Gasteiger partial charge in [-0.2, -0.15) is 0 Å². The third-order valence-corrected chi connectivity index (χ3v) is 3.36. The molecule has 0 aromatic heterocycles. The molecule has 106 valence electrons. The Hall–Kier alpha value is -1.80. The average molecular weight is 270 g/mol. The summed E-state index contributed by atoms with van der Waals surface area (Å²) in [6, 6.07) is 14.4. The van der Waals surface area contributed by atoms with Crippen LogP contribution in [0.2, 0.25) is 0 Å². The van der Waals surface area contributed by atoms with Crippen molar-refractivity contribution < 1.29 is 9.84 Å². The average Bonchev–Trinajstić information content (AvgIpc) is 2.46. The third kappa shape index (κ3) is 3.40. The molecule has 0 fully saturated rings. The van der Waals surface area contributed by atoms with Crippen LogP contribution in [0.1, 0.15) is 25.0 Å². The minimum atomic E-state index is 0.0441. The number of aliphatic hydroxyl groups is 1. The smallest absolute Gasteiger partial charge is 0.126 e. The van der Waals surface area contributed by atoms with Gasteiger partial charge in [-0.05, 0) is 41.2 Å². The van der Waals surface area contributed by atoms with Gasteiger partial charge in [0.15, 0.2) is 0 Å². The van der Waals surface area contributed by atoms with Crippen molar-refractivity contribution in [1.29, 1.82) is 0 Å². The zero-order chi connectivity index (χ0) is 14.5. The van der Waals surface area contributed by atoms with Gasteiger partial charge in [0.05, 0.1) is 13.7 Å². The number of hydrogen-bond donors (Lipinski definition) is 1. The molecule has 0 aliphatic heterocycles. The van der Waals surface area contributed by atoms with E-state index in [0.29, 0.717) is 5.92 Å². The first-order valence-electron chi connectivity index (χ1n) is 7.01. The van der Waals surface area contributed by atoms with Crippen LogP contribution in [0.4, 0.5) is 0 Å². The molecule has 2 nitrogen and oxygen atoms in total. The first-order valence-corrected chi connectivity index (χ1v) is 7.01. The van der Waals surface area contributed by atoms with E-state index < -0.39 is 0 Å². The van der Waals surface area contributed by atoms with Gasteiger partial charge in [0, 0.05) is 5.56 Å². The monoisotopic (exact) mass is 270 g/mol. The Bertz CT molecular complexity index is 556. The quantitative estimate of drug-likeness (QED) is 0.888. The fourth-order valence-corrected chi connectivity index (χ4v) is 2.37. The number of methoxy groups -OCH3 is 1. The lowest BCUT2D eigenvalue weighted by Gasteiger charge is -2.11. The Labute approximate surface area is 121 Å². The maximum atomic E-state index is 9.27. The molecule has 0 bridgehead atoms. The van der Waals surface area contributed by atoms with E-state index in [0.717, 1.165) is 28.9 Å². The van der Waals surface area contributed by atoms with E-state index in [1.165, 1.54) is 5.56 Å². The molecule has 20 heavy (non-hydrogen) atoms. The summed E-state index contributed by atoms with van der Waals surface area (Å²) in [4.78, 5) is 0. The van der Waals surface area contributed by atoms with Crippen molar-refractivity contribution in [1.82, 2.24) is 0 Å². The van der Waals surface area contributed by atoms with Crippen molar-refractivity contribution in [3.05, 3.63) is 53.6 Å². The van der Waals surface area contributed by atoms with Crippen LogP contribution in [0, 0.1) is 5.92 Å². The summed E-state index contributed by atoms with van der Waals surface area (Å²) < 4.78 is 5.41. The van der Waals surface area contributed by atoms with Gasteiger partial charge in [-0.1, -0.05) is 44.2 Å². The molecule has 0 saturated carbocycles. The number of ether oxygens (including phenoxy) is 1. The Balaban J connectivity index is 2.35. The van der Waals surface area contributed by atoms with Gasteiger partial charge < -0.3 is 9.84 Å². The summed E-state index contributed by atoms with van der Waals surface area (Å²) >= 11 is 0. The van der Waals surface area contributed by atoms with Crippen LogP contribution in [0.5, 0.6) is 5.75 Å². The van der Waals surface area contributed by atoms with E-state index in [1.54, 1.807) is 7.11 Å². The Morgan fingerprint density at radius 2 is 1.65 bits per heavy atom. The zero-order valence-corrected chi connectivity index (χ0v) is 12.4. The molecular formula is C18H22O2. The molecule has 0 spiro atoms. The van der Waals surface area contributed by atoms with Gasteiger partial charge >= 0.3 is 0 Å². The Morgan fingerprint density at radius 1 is 1.00 bits per heavy atom. The van der Waals surface area contributed by atoms with Crippen molar-refractivity contribution in [3.63, 3.8) is 0 Å². The SMILES string of the molecule is COc1ccc(CO)cc1-c1ccc(CC(C)C)cc1. The van der Waals surface area contributed by atoms with Crippen molar-refractivity contribution >= 4 is 0 Å². The molecule has 0 aliphatic carbocycles. The molecule has 0 atom stereocenters. The topological polar surface area (TPSA) is 29.5 Å². The maximum absolute atomic E-state index is 9.27. The molecule has 2 aromatic rings. The second-order valence-electron chi connectivity index (χ2n) is 5.49. The summed E-state index contributed by atoms with van der Waals surface area (Å²) in [5, 5.41) is 9.27. The van der Waals surface area contributed by atoms with E-state index in [2.05, 4.69) is 38.1 Å². The second-order valence-corrected chi connectivity index (χ2v) is 5.49. The Kier molecular flexibility index (Phi) is 4.80. The van der Waals surface area contributed by atoms with Crippen molar-refractivity contribution in [2.24, 2.45) is 5.92 Å². The predicted molar refractivity (Wildman–Crippen MR) is 82.9 cm³/mol. The Morgan fingerprint density at radius 3 is 2.20 bits per heavy atom. The standard InChI is InChI=1S/C18H22O2/c1-13(2)10-14-4-7-16(8-5-14)17-11-15(12-19)6-9-18(17)20-3/h4-9,11,13,19H,10,12H2,1-3H3. The van der Waals surface area contributed by atoms with Crippen LogP contribution in [0.15, 0.2) is 42.5 Å². The zero-order valence-electron chi connectivity index (χ0n) is 12.4. The lowest BCUT2D eigenvalue weighted by atomic mass is 9.98. The number of rotatable bonds is 5. The van der Waals surface area contributed by atoms with Gasteiger partial charge in [-0.3, -0.25) is 0 Å². The lowest BCUT2D eigenvalue weighted by molar-refractivity contribution is 0.281. The van der Waals surface area contributed by atoms with Gasteiger partial charge in [-0.25, -0.2) is 0 Å². The van der Waals surface area contributed by atoms with Gasteiger partial charge in [0.2, 0.25) is 0 Å². The highest BCUT2D eigenvalue weighted by Crippen LogP contribution is 2.31. The molecule has 0 radical (unpaired) electrons. The molecule has 0 heterocycles. The summed E-state index contributed by atoms with van der Waals surface area (Å²) in [5.41, 5.74) is 4.38. The molecule has 2 aromatic carbocycles. The number of hydrogen-bond acceptors (Lipinski definition) is 2. The van der Waals surface area contributed by atoms with Crippen LogP contribution >= 0.6 is 0 Å². The van der Waals surface area contributed by atoms with E-state index in [4.69, 9.17) is 4.74 Å². The minimum Gasteiger partial charge on any atom is -0.496 e. The summed E-state index contributed by atoms with van der Waals surface area (Å²) in [6.45, 7) is 4.49. The van der Waals surface area contributed by atoms with E-state index >= 15 is 0 Å². The van der Waals surface area contributed by atoms with Crippen LogP contribution in [-0.4, -0.2) is 12.2 Å². The van der Waals surface area contributed by atoms with Gasteiger partial charge in [0.1, 0.15) is 5.75 Å². The normalized spacial score (nSPS) is 10.8. The predicted octanol–water partition coefficient (Wildman–Crippen LogP) is 4.05. The molecular weight excluding hydrogens is 248 g/mol. The van der Waals surface area contributed by atoms with Crippen molar-refractivity contribution in [3.8, 4) is 16.9 Å². The fourth-order valence-electron chi connectivity index (χ4n) is 2.37. The first kappa shape index (κ1) is 14.6. The highest BCUT2D eigenvalue weighted by molar-refractivity contribution is 5.71. The third-order valence-electron chi connectivity index (χ3n) is 3.36. The summed E-state index contributed by atoms with van der Waals surface area (Å²) in [6.07, 6.45) is 1.09. The molecule has 0 amide bonds. The van der Waals surface area contributed by atoms with Gasteiger partial charge in [-0.15, -0.1) is 0 Å². The fraction of sp³-hybridized carbons (Fsp3) is 0.333. The molecule has 2 heteroatoms. The second kappa shape index (κ2) is 6.58. The molecule has 0 unspecified atom stereocenters. The number of benzene rings is 2. The van der Waals surface area contributed by atoms with Crippen LogP contribution in [-0.2, 0) is 13.0 Å². The summed E-state index contributed by atoms with van der Waals surface area (Å²) in [5.74, 6) is 1.49. The largest absolute Gasteiger partial charge is 0.496 e. The van der Waals surface area contributed by atoms with Crippen LogP contribution in [0.3, 0.4) is 0 Å². The minimum absolute atomic E-state index is 0.0441. The molecule has 0 saturated heterocycles. The van der Waals surface area contributed by atoms with Crippen molar-refractivity contribution in [2.45, 2.75) is 26.9 Å². The van der Waals surface area contributed by atoms with Crippen molar-refractivity contribution in [2.75, 3.05) is 7.11 Å². The maximum Gasteiger partial charge on any atom is 0.126 e. The highest BCUT2D eigenvalue weighted by atomic mass is 16.5. The highest BCUT2D eigenvalue weighted by Gasteiger charge is 2.07. The molecule has 1 N–H and O–H groups in total. The lowest BCUT2D eigenvalue weighted by Crippen LogP contribution is -1.94. The number of aliphatic hydroxyl groups excluding tert-OH is 1. The van der Waals surface area contributed by atoms with Crippen LogP contribution in [0.25, 0.3) is 11.1 Å². The van der Waals surface area contributed by atoms with Gasteiger partial charge in [0.25, 0.3) is 0 Å². The van der Waals surface area contributed by atoms with Crippen LogP contribution < -0.4 is 4.74 Å². The molecule has 0 aliphatic rings. The first-order chi connectivity index (χ1) is 9.63. The van der Waals surface area contributed by atoms with E-state index in [9.17, 15) is 5.11 Å². The summed E-state index contributed by atoms with van der Waals surface area (Å²) in [7, 11) is 1.67.